The Balaban J connectivity index is 1.90. The van der Waals surface area contributed by atoms with Crippen LogP contribution in [0, 0.1) is 17.7 Å². The number of ether oxygens (including phenoxy) is 3. The zero-order valence-electron chi connectivity index (χ0n) is 23.7. The molecule has 2 amide bonds. The third kappa shape index (κ3) is 8.17. The lowest BCUT2D eigenvalue weighted by molar-refractivity contribution is -0.132. The van der Waals surface area contributed by atoms with E-state index in [-0.39, 0.29) is 26.1 Å². The van der Waals surface area contributed by atoms with Crippen LogP contribution in [0.1, 0.15) is 53.5 Å². The summed E-state index contributed by atoms with van der Waals surface area (Å²) in [5, 5.41) is 10.2. The quantitative estimate of drug-likeness (QED) is 0.380. The molecule has 1 heterocycles. The third-order valence-electron chi connectivity index (χ3n) is 6.36. The number of aliphatic hydroxyl groups is 1. The maximum Gasteiger partial charge on any atom is 0.508 e. The van der Waals surface area contributed by atoms with Gasteiger partial charge in [0.2, 0.25) is 5.91 Å². The summed E-state index contributed by atoms with van der Waals surface area (Å²) in [6.45, 7) is 9.60. The maximum atomic E-state index is 14.4. The van der Waals surface area contributed by atoms with Crippen LogP contribution in [-0.4, -0.2) is 58.6 Å². The van der Waals surface area contributed by atoms with Gasteiger partial charge in [-0.05, 0) is 89.6 Å². The van der Waals surface area contributed by atoms with E-state index in [1.54, 1.807) is 65.8 Å². The molecule has 40 heavy (non-hydrogen) atoms. The molecule has 0 aliphatic carbocycles. The summed E-state index contributed by atoms with van der Waals surface area (Å²) in [4.78, 5) is 40.1. The topological polar surface area (TPSA) is 102 Å². The Morgan fingerprint density at radius 2 is 1.62 bits per heavy atom. The smallest absolute Gasteiger partial charge is 0.443 e. The van der Waals surface area contributed by atoms with E-state index in [2.05, 4.69) is 0 Å². The highest BCUT2D eigenvalue weighted by Crippen LogP contribution is 2.37. The minimum atomic E-state index is -0.931. The molecule has 0 spiro atoms. The van der Waals surface area contributed by atoms with Crippen molar-refractivity contribution in [3.8, 4) is 11.1 Å². The van der Waals surface area contributed by atoms with Gasteiger partial charge in [0.05, 0.1) is 12.0 Å². The molecule has 1 saturated heterocycles. The third-order valence-corrected chi connectivity index (χ3v) is 6.59. The summed E-state index contributed by atoms with van der Waals surface area (Å²) < 4.78 is 30.4. The van der Waals surface area contributed by atoms with Crippen LogP contribution in [-0.2, 0) is 25.4 Å². The van der Waals surface area contributed by atoms with Gasteiger partial charge in [-0.1, -0.05) is 35.9 Å². The Labute approximate surface area is 239 Å². The van der Waals surface area contributed by atoms with Gasteiger partial charge >= 0.3 is 12.2 Å². The van der Waals surface area contributed by atoms with Gasteiger partial charge in [0.1, 0.15) is 23.6 Å². The maximum absolute atomic E-state index is 14.4. The molecular weight excluding hydrogens is 541 g/mol. The van der Waals surface area contributed by atoms with E-state index in [1.807, 2.05) is 0 Å². The van der Waals surface area contributed by atoms with Crippen LogP contribution in [0.2, 0.25) is 5.02 Å². The van der Waals surface area contributed by atoms with Crippen LogP contribution in [0.25, 0.3) is 11.1 Å². The van der Waals surface area contributed by atoms with Gasteiger partial charge in [0.15, 0.2) is 0 Å². The van der Waals surface area contributed by atoms with Gasteiger partial charge in [0.25, 0.3) is 0 Å². The van der Waals surface area contributed by atoms with Gasteiger partial charge in [-0.15, -0.1) is 0 Å². The van der Waals surface area contributed by atoms with E-state index in [1.165, 1.54) is 18.2 Å². The van der Waals surface area contributed by atoms with Crippen molar-refractivity contribution in [2.45, 2.75) is 71.6 Å². The summed E-state index contributed by atoms with van der Waals surface area (Å²) in [6, 6.07) is 10.7. The highest BCUT2D eigenvalue weighted by atomic mass is 35.5. The number of aliphatic hydroxyl groups excluding tert-OH is 1. The lowest BCUT2D eigenvalue weighted by Crippen LogP contribution is -2.44. The van der Waals surface area contributed by atoms with Crippen LogP contribution in [0.15, 0.2) is 42.5 Å². The molecule has 3 rings (SSSR count). The first kappa shape index (κ1) is 31.4. The number of carbonyl (C=O) groups excluding carboxylic acids is 3. The van der Waals surface area contributed by atoms with E-state index >= 15 is 0 Å². The molecule has 0 bridgehead atoms. The Morgan fingerprint density at radius 3 is 2.20 bits per heavy atom. The van der Waals surface area contributed by atoms with Gasteiger partial charge in [-0.3, -0.25) is 4.79 Å². The second-order valence-corrected chi connectivity index (χ2v) is 12.3. The molecule has 0 radical (unpaired) electrons. The van der Waals surface area contributed by atoms with Gasteiger partial charge < -0.3 is 19.3 Å². The van der Waals surface area contributed by atoms with Crippen molar-refractivity contribution >= 4 is 29.8 Å². The van der Waals surface area contributed by atoms with Crippen molar-refractivity contribution in [3.63, 3.8) is 0 Å². The SMILES string of the molecule is CC(C)(C)OC(=O)OCC1C(=O)N(C(=O)OC(C)(C)C)C(Cc2ccc(-c3cc(Cl)ccc3F)cc2)C1CCO. The Bertz CT molecular complexity index is 1220. The molecule has 10 heteroatoms. The minimum absolute atomic E-state index is 0.184. The number of rotatable bonds is 7. The molecule has 218 valence electrons. The zero-order valence-corrected chi connectivity index (χ0v) is 24.5. The number of nitrogens with zero attached hydrogens (tertiary/aromatic N) is 1. The summed E-state index contributed by atoms with van der Waals surface area (Å²) in [5.41, 5.74) is 0.0947. The second-order valence-electron chi connectivity index (χ2n) is 11.8. The number of hydrogen-bond donors (Lipinski definition) is 1. The van der Waals surface area contributed by atoms with Crippen LogP contribution in [0.3, 0.4) is 0 Å². The first-order valence-electron chi connectivity index (χ1n) is 13.2. The first-order valence-corrected chi connectivity index (χ1v) is 13.5. The second kappa shape index (κ2) is 12.6. The average molecular weight is 578 g/mol. The van der Waals surface area contributed by atoms with Gasteiger partial charge in [-0.25, -0.2) is 18.9 Å². The number of likely N-dealkylation sites (tertiary alicyclic amines) is 1. The van der Waals surface area contributed by atoms with Crippen LogP contribution in [0.5, 0.6) is 0 Å². The normalized spacial score (nSPS) is 19.5. The summed E-state index contributed by atoms with van der Waals surface area (Å²) in [6.07, 6.45) is -1.32. The molecule has 1 aliphatic rings. The van der Waals surface area contributed by atoms with Crippen molar-refractivity contribution in [3.05, 3.63) is 58.9 Å². The van der Waals surface area contributed by atoms with Crippen molar-refractivity contribution in [1.29, 1.82) is 0 Å². The lowest BCUT2D eigenvalue weighted by Gasteiger charge is -2.29. The number of amides is 2. The molecule has 2 aromatic rings. The number of benzene rings is 2. The molecule has 3 atom stereocenters. The molecule has 0 aromatic heterocycles. The number of halogens is 2. The summed E-state index contributed by atoms with van der Waals surface area (Å²) in [5.74, 6) is -2.39. The Kier molecular flexibility index (Phi) is 9.85. The number of imide groups is 1. The number of carbonyl (C=O) groups is 3. The molecule has 2 aromatic carbocycles. The standard InChI is InChI=1S/C30H37ClFNO7/c1-29(2,3)39-27(36)33-25(15-18-7-9-19(10-8-18)22-16-20(31)11-12-24(22)32)21(13-14-34)23(26(33)35)17-38-28(37)40-30(4,5)6/h7-12,16,21,23,25,34H,13-15,17H2,1-6H3. The molecule has 8 nitrogen and oxygen atoms in total. The average Bonchev–Trinajstić information content (AvgIpc) is 3.08. The summed E-state index contributed by atoms with van der Waals surface area (Å²) >= 11 is 6.05. The minimum Gasteiger partial charge on any atom is -0.443 e. The zero-order chi connectivity index (χ0) is 29.8. The fourth-order valence-corrected chi connectivity index (χ4v) is 4.89. The van der Waals surface area contributed by atoms with E-state index in [4.69, 9.17) is 25.8 Å². The van der Waals surface area contributed by atoms with Crippen LogP contribution >= 0.6 is 11.6 Å². The largest absolute Gasteiger partial charge is 0.508 e. The monoisotopic (exact) mass is 577 g/mol. The fraction of sp³-hybridized carbons (Fsp3) is 0.500. The van der Waals surface area contributed by atoms with Crippen molar-refractivity contribution in [1.82, 2.24) is 4.90 Å². The Morgan fingerprint density at radius 1 is 1.00 bits per heavy atom. The molecule has 1 aliphatic heterocycles. The molecular formula is C30H37ClFNO7. The van der Waals surface area contributed by atoms with Crippen molar-refractivity contribution < 1.29 is 38.1 Å². The van der Waals surface area contributed by atoms with Gasteiger partial charge in [-0.2, -0.15) is 0 Å². The van der Waals surface area contributed by atoms with Crippen molar-refractivity contribution in [2.75, 3.05) is 13.2 Å². The van der Waals surface area contributed by atoms with E-state index in [9.17, 15) is 23.9 Å². The molecule has 3 unspecified atom stereocenters. The Hall–Kier alpha value is -3.17. The highest BCUT2D eigenvalue weighted by Gasteiger charge is 2.52. The predicted molar refractivity (Wildman–Crippen MR) is 148 cm³/mol. The number of hydrogen-bond acceptors (Lipinski definition) is 7. The van der Waals surface area contributed by atoms with Crippen LogP contribution < -0.4 is 0 Å². The van der Waals surface area contributed by atoms with Crippen molar-refractivity contribution in [2.24, 2.45) is 11.8 Å². The lowest BCUT2D eigenvalue weighted by atomic mass is 9.85. The first-order chi connectivity index (χ1) is 18.6. The molecule has 1 N–H and O–H groups in total. The van der Waals surface area contributed by atoms with E-state index < -0.39 is 53.1 Å². The summed E-state index contributed by atoms with van der Waals surface area (Å²) in [7, 11) is 0. The van der Waals surface area contributed by atoms with E-state index in [0.29, 0.717) is 16.1 Å². The highest BCUT2D eigenvalue weighted by molar-refractivity contribution is 6.30. The fourth-order valence-electron chi connectivity index (χ4n) is 4.72. The van der Waals surface area contributed by atoms with Crippen LogP contribution in [0.4, 0.5) is 14.0 Å². The van der Waals surface area contributed by atoms with E-state index in [0.717, 1.165) is 10.5 Å². The van der Waals surface area contributed by atoms with Gasteiger partial charge in [0, 0.05) is 17.2 Å². The molecule has 1 fully saturated rings. The molecule has 0 saturated carbocycles. The predicted octanol–water partition coefficient (Wildman–Crippen LogP) is 6.40.